The molecule has 236 valence electrons. The summed E-state index contributed by atoms with van der Waals surface area (Å²) in [6.07, 6.45) is 13.2. The summed E-state index contributed by atoms with van der Waals surface area (Å²) in [5, 5.41) is 2.44. The molecule has 0 aliphatic heterocycles. The zero-order valence-corrected chi connectivity index (χ0v) is 27.9. The minimum absolute atomic E-state index is 0.0707. The highest BCUT2D eigenvalue weighted by molar-refractivity contribution is 6.11. The van der Waals surface area contributed by atoms with Crippen LogP contribution in [0.3, 0.4) is 0 Å². The van der Waals surface area contributed by atoms with Gasteiger partial charge in [-0.25, -0.2) is 0 Å². The number of anilines is 3. The van der Waals surface area contributed by atoms with Crippen LogP contribution < -0.4 is 4.90 Å². The van der Waals surface area contributed by atoms with Crippen LogP contribution >= 0.6 is 0 Å². The number of para-hydroxylation sites is 2. The standard InChI is InChI=1S/C45H45NO/c1-45(2)40-21-10-9-17-36(40)37-28-27-34(29-41(37)45)46(33-25-23-31(24-26-33)30-13-5-3-6-14-30)42-22-12-20-39-38-19-11-18-35(43(38)47-44(39)42)32-15-7-4-8-16-32/h9-12,17-30,32H,3-8,13-16H2,1-2H3. The molecule has 47 heavy (non-hydrogen) atoms. The first-order valence-corrected chi connectivity index (χ1v) is 18.2. The molecule has 0 unspecified atom stereocenters. The number of furan rings is 1. The molecule has 0 amide bonds. The van der Waals surface area contributed by atoms with Gasteiger partial charge in [-0.05, 0) is 101 Å². The van der Waals surface area contributed by atoms with E-state index in [1.54, 1.807) is 0 Å². The monoisotopic (exact) mass is 615 g/mol. The van der Waals surface area contributed by atoms with E-state index in [-0.39, 0.29) is 5.41 Å². The Morgan fingerprint density at radius 1 is 0.553 bits per heavy atom. The molecule has 2 saturated carbocycles. The van der Waals surface area contributed by atoms with Crippen LogP contribution in [-0.2, 0) is 5.41 Å². The topological polar surface area (TPSA) is 16.4 Å². The minimum atomic E-state index is -0.0707. The smallest absolute Gasteiger partial charge is 0.159 e. The molecule has 0 radical (unpaired) electrons. The summed E-state index contributed by atoms with van der Waals surface area (Å²) in [5.74, 6) is 1.27. The molecular weight excluding hydrogens is 571 g/mol. The number of hydrogen-bond donors (Lipinski definition) is 0. The first-order chi connectivity index (χ1) is 23.1. The summed E-state index contributed by atoms with van der Waals surface area (Å²) in [5.41, 5.74) is 13.8. The second-order valence-corrected chi connectivity index (χ2v) is 15.0. The molecule has 0 spiro atoms. The summed E-state index contributed by atoms with van der Waals surface area (Å²) in [4.78, 5) is 2.45. The zero-order chi connectivity index (χ0) is 31.5. The highest BCUT2D eigenvalue weighted by Crippen LogP contribution is 2.51. The van der Waals surface area contributed by atoms with Crippen molar-refractivity contribution in [1.82, 2.24) is 0 Å². The van der Waals surface area contributed by atoms with Gasteiger partial charge in [-0.15, -0.1) is 0 Å². The quantitative estimate of drug-likeness (QED) is 0.192. The highest BCUT2D eigenvalue weighted by atomic mass is 16.3. The molecule has 2 heteroatoms. The van der Waals surface area contributed by atoms with Gasteiger partial charge in [0, 0.05) is 27.6 Å². The van der Waals surface area contributed by atoms with Gasteiger partial charge in [-0.1, -0.05) is 125 Å². The first-order valence-electron chi connectivity index (χ1n) is 18.2. The van der Waals surface area contributed by atoms with Crippen LogP contribution in [0.5, 0.6) is 0 Å². The van der Waals surface area contributed by atoms with Crippen molar-refractivity contribution in [3.63, 3.8) is 0 Å². The van der Waals surface area contributed by atoms with Gasteiger partial charge in [-0.2, -0.15) is 0 Å². The molecule has 5 aromatic carbocycles. The first kappa shape index (κ1) is 28.9. The molecule has 6 aromatic rings. The van der Waals surface area contributed by atoms with Gasteiger partial charge in [0.1, 0.15) is 5.58 Å². The summed E-state index contributed by atoms with van der Waals surface area (Å²) < 4.78 is 7.05. The van der Waals surface area contributed by atoms with Crippen LogP contribution in [0.1, 0.15) is 112 Å². The maximum absolute atomic E-state index is 7.05. The van der Waals surface area contributed by atoms with Crippen LogP contribution in [0.4, 0.5) is 17.1 Å². The average molecular weight is 616 g/mol. The fourth-order valence-electron chi connectivity index (χ4n) is 9.33. The fourth-order valence-corrected chi connectivity index (χ4v) is 9.33. The van der Waals surface area contributed by atoms with E-state index in [1.807, 2.05) is 0 Å². The number of nitrogens with zero attached hydrogens (tertiary/aromatic N) is 1. The van der Waals surface area contributed by atoms with Gasteiger partial charge < -0.3 is 9.32 Å². The maximum atomic E-state index is 7.05. The van der Waals surface area contributed by atoms with E-state index in [0.29, 0.717) is 11.8 Å². The Morgan fingerprint density at radius 3 is 1.96 bits per heavy atom. The van der Waals surface area contributed by atoms with Crippen LogP contribution in [-0.4, -0.2) is 0 Å². The van der Waals surface area contributed by atoms with Gasteiger partial charge in [0.2, 0.25) is 0 Å². The third-order valence-corrected chi connectivity index (χ3v) is 11.9. The number of fused-ring (bicyclic) bond motifs is 6. The molecule has 0 atom stereocenters. The lowest BCUT2D eigenvalue weighted by atomic mass is 9.82. The van der Waals surface area contributed by atoms with Crippen molar-refractivity contribution in [3.05, 3.63) is 125 Å². The maximum Gasteiger partial charge on any atom is 0.159 e. The van der Waals surface area contributed by atoms with Crippen molar-refractivity contribution < 1.29 is 4.42 Å². The molecule has 1 aromatic heterocycles. The summed E-state index contributed by atoms with van der Waals surface area (Å²) >= 11 is 0. The molecular formula is C45H45NO. The van der Waals surface area contributed by atoms with Crippen molar-refractivity contribution in [3.8, 4) is 11.1 Å². The molecule has 9 rings (SSSR count). The second kappa shape index (κ2) is 11.4. The van der Waals surface area contributed by atoms with E-state index >= 15 is 0 Å². The minimum Gasteiger partial charge on any atom is -0.454 e. The van der Waals surface area contributed by atoms with E-state index in [1.165, 1.54) is 120 Å². The molecule has 0 saturated heterocycles. The van der Waals surface area contributed by atoms with E-state index in [0.717, 1.165) is 16.9 Å². The summed E-state index contributed by atoms with van der Waals surface area (Å²) in [6.45, 7) is 4.75. The van der Waals surface area contributed by atoms with E-state index in [9.17, 15) is 0 Å². The van der Waals surface area contributed by atoms with Crippen molar-refractivity contribution in [2.24, 2.45) is 0 Å². The van der Waals surface area contributed by atoms with Crippen molar-refractivity contribution in [2.75, 3.05) is 4.90 Å². The lowest BCUT2D eigenvalue weighted by Gasteiger charge is -2.29. The Morgan fingerprint density at radius 2 is 1.19 bits per heavy atom. The molecule has 2 nitrogen and oxygen atoms in total. The van der Waals surface area contributed by atoms with Crippen LogP contribution in [0.15, 0.2) is 108 Å². The molecule has 2 fully saturated rings. The Labute approximate surface area is 279 Å². The van der Waals surface area contributed by atoms with Gasteiger partial charge in [0.25, 0.3) is 0 Å². The van der Waals surface area contributed by atoms with Crippen LogP contribution in [0, 0.1) is 0 Å². The average Bonchev–Trinajstić information content (AvgIpc) is 3.62. The Bertz CT molecular complexity index is 2090. The Hall–Kier alpha value is -4.30. The fraction of sp³-hybridized carbons (Fsp3) is 0.333. The lowest BCUT2D eigenvalue weighted by Crippen LogP contribution is -2.16. The predicted octanol–water partition coefficient (Wildman–Crippen LogP) is 13.5. The zero-order valence-electron chi connectivity index (χ0n) is 27.9. The van der Waals surface area contributed by atoms with Crippen molar-refractivity contribution in [1.29, 1.82) is 0 Å². The molecule has 1 heterocycles. The van der Waals surface area contributed by atoms with Gasteiger partial charge in [0.15, 0.2) is 5.58 Å². The summed E-state index contributed by atoms with van der Waals surface area (Å²) in [6, 6.07) is 39.1. The largest absolute Gasteiger partial charge is 0.454 e. The molecule has 0 N–H and O–H groups in total. The predicted molar refractivity (Wildman–Crippen MR) is 198 cm³/mol. The van der Waals surface area contributed by atoms with E-state index in [2.05, 4.69) is 122 Å². The normalized spacial score (nSPS) is 18.0. The van der Waals surface area contributed by atoms with Gasteiger partial charge >= 0.3 is 0 Å². The second-order valence-electron chi connectivity index (χ2n) is 15.0. The Balaban J connectivity index is 1.22. The van der Waals surface area contributed by atoms with Gasteiger partial charge in [0.05, 0.1) is 5.69 Å². The van der Waals surface area contributed by atoms with Gasteiger partial charge in [-0.3, -0.25) is 0 Å². The third kappa shape index (κ3) is 4.74. The van der Waals surface area contributed by atoms with E-state index < -0.39 is 0 Å². The third-order valence-electron chi connectivity index (χ3n) is 11.9. The molecule has 3 aliphatic rings. The number of benzene rings is 5. The van der Waals surface area contributed by atoms with Crippen LogP contribution in [0.2, 0.25) is 0 Å². The lowest BCUT2D eigenvalue weighted by molar-refractivity contribution is 0.442. The number of hydrogen-bond acceptors (Lipinski definition) is 2. The highest BCUT2D eigenvalue weighted by Gasteiger charge is 2.36. The Kier molecular flexibility index (Phi) is 7.03. The molecule has 3 aliphatic carbocycles. The SMILES string of the molecule is CC1(C)c2ccccc2-c2ccc(N(c3ccc(C4CCCCC4)cc3)c3cccc4c3oc3c(C5CCCCC5)cccc34)cc21. The summed E-state index contributed by atoms with van der Waals surface area (Å²) in [7, 11) is 0. The van der Waals surface area contributed by atoms with E-state index in [4.69, 9.17) is 4.42 Å². The van der Waals surface area contributed by atoms with Crippen molar-refractivity contribution in [2.45, 2.75) is 95.3 Å². The van der Waals surface area contributed by atoms with Crippen molar-refractivity contribution >= 4 is 39.0 Å². The van der Waals surface area contributed by atoms with Crippen LogP contribution in [0.25, 0.3) is 33.1 Å². The number of rotatable bonds is 5. The molecule has 0 bridgehead atoms.